The number of hydrogen-bond acceptors (Lipinski definition) is 3. The third kappa shape index (κ3) is 5.57. The molecule has 0 aliphatic carbocycles. The van der Waals surface area contributed by atoms with Crippen molar-refractivity contribution in [1.29, 1.82) is 0 Å². The van der Waals surface area contributed by atoms with Crippen LogP contribution in [0, 0.1) is 0 Å². The van der Waals surface area contributed by atoms with Gasteiger partial charge in [-0.2, -0.15) is 25.8 Å². The fraction of sp³-hybridized carbons (Fsp3) is 0.571. The summed E-state index contributed by atoms with van der Waals surface area (Å²) in [5.41, 5.74) is -0.488. The van der Waals surface area contributed by atoms with Gasteiger partial charge in [-0.25, -0.2) is 4.79 Å². The highest BCUT2D eigenvalue weighted by Gasteiger charge is 2.31. The van der Waals surface area contributed by atoms with Gasteiger partial charge in [-0.05, 0) is 12.3 Å². The standard InChI is InChI=1S/C7H9F3O2S/c1-2-12-6(11)5(4-13)3-7(8,9)10/h4,13H,2-3H2,1H3/b5-4-. The molecule has 2 nitrogen and oxygen atoms in total. The Bertz CT molecular complexity index is 210. The minimum atomic E-state index is -4.42. The van der Waals surface area contributed by atoms with Gasteiger partial charge in [0.1, 0.15) is 0 Å². The van der Waals surface area contributed by atoms with Gasteiger partial charge in [0.2, 0.25) is 0 Å². The topological polar surface area (TPSA) is 26.3 Å². The second kappa shape index (κ2) is 5.16. The molecule has 0 fully saturated rings. The van der Waals surface area contributed by atoms with E-state index in [0.29, 0.717) is 0 Å². The van der Waals surface area contributed by atoms with Crippen molar-refractivity contribution >= 4 is 18.6 Å². The molecule has 76 valence electrons. The lowest BCUT2D eigenvalue weighted by Gasteiger charge is -2.08. The Hall–Kier alpha value is -0.650. The number of esters is 1. The van der Waals surface area contributed by atoms with E-state index < -0.39 is 24.1 Å². The number of hydrogen-bond donors (Lipinski definition) is 1. The number of ether oxygens (including phenoxy) is 1. The highest BCUT2D eigenvalue weighted by atomic mass is 32.1. The van der Waals surface area contributed by atoms with Gasteiger partial charge in [-0.1, -0.05) is 0 Å². The Morgan fingerprint density at radius 1 is 1.54 bits per heavy atom. The van der Waals surface area contributed by atoms with E-state index in [9.17, 15) is 18.0 Å². The van der Waals surface area contributed by atoms with Crippen LogP contribution in [-0.2, 0) is 9.53 Å². The summed E-state index contributed by atoms with van der Waals surface area (Å²) >= 11 is 3.50. The van der Waals surface area contributed by atoms with E-state index in [4.69, 9.17) is 0 Å². The van der Waals surface area contributed by atoms with E-state index in [0.717, 1.165) is 5.41 Å². The van der Waals surface area contributed by atoms with Crippen LogP contribution in [-0.4, -0.2) is 18.8 Å². The Balaban J connectivity index is 4.29. The summed E-state index contributed by atoms with van der Waals surface area (Å²) in [6.07, 6.45) is -5.73. The van der Waals surface area contributed by atoms with Crippen LogP contribution in [0.5, 0.6) is 0 Å². The van der Waals surface area contributed by atoms with E-state index in [1.165, 1.54) is 6.92 Å². The molecular formula is C7H9F3O2S. The van der Waals surface area contributed by atoms with E-state index in [1.807, 2.05) is 0 Å². The van der Waals surface area contributed by atoms with Crippen molar-refractivity contribution in [2.75, 3.05) is 6.61 Å². The summed E-state index contributed by atoms with van der Waals surface area (Å²) in [5, 5.41) is 0.811. The molecule has 0 heterocycles. The molecule has 0 bridgehead atoms. The van der Waals surface area contributed by atoms with E-state index >= 15 is 0 Å². The van der Waals surface area contributed by atoms with Crippen molar-refractivity contribution in [3.63, 3.8) is 0 Å². The largest absolute Gasteiger partial charge is 0.463 e. The predicted octanol–water partition coefficient (Wildman–Crippen LogP) is 2.32. The average Bonchev–Trinajstić information content (AvgIpc) is 1.99. The molecule has 0 rings (SSSR count). The number of halogens is 3. The SMILES string of the molecule is CCOC(=O)/C(=C\S)CC(F)(F)F. The van der Waals surface area contributed by atoms with E-state index in [2.05, 4.69) is 17.4 Å². The Morgan fingerprint density at radius 3 is 2.38 bits per heavy atom. The monoisotopic (exact) mass is 214 g/mol. The lowest BCUT2D eigenvalue weighted by atomic mass is 10.2. The minimum absolute atomic E-state index is 0.0435. The molecule has 0 amide bonds. The zero-order valence-electron chi connectivity index (χ0n) is 6.89. The molecule has 0 unspecified atom stereocenters. The summed E-state index contributed by atoms with van der Waals surface area (Å²) in [6, 6.07) is 0. The molecule has 0 aromatic carbocycles. The quantitative estimate of drug-likeness (QED) is 0.443. The minimum Gasteiger partial charge on any atom is -0.463 e. The van der Waals surface area contributed by atoms with Crippen LogP contribution in [0.15, 0.2) is 11.0 Å². The molecule has 0 saturated heterocycles. The molecule has 0 atom stereocenters. The lowest BCUT2D eigenvalue weighted by molar-refractivity contribution is -0.147. The Kier molecular flexibility index (Phi) is 4.90. The number of thiol groups is 1. The molecule has 0 aliphatic heterocycles. The molecule has 0 saturated carbocycles. The van der Waals surface area contributed by atoms with Crippen LogP contribution in [0.2, 0.25) is 0 Å². The van der Waals surface area contributed by atoms with Crippen LogP contribution < -0.4 is 0 Å². The number of rotatable bonds is 3. The van der Waals surface area contributed by atoms with Gasteiger partial charge in [-0.3, -0.25) is 0 Å². The summed E-state index contributed by atoms with van der Waals surface area (Å²) in [5.74, 6) is -0.977. The zero-order valence-corrected chi connectivity index (χ0v) is 7.78. The fourth-order valence-corrected chi connectivity index (χ4v) is 0.807. The third-order valence-electron chi connectivity index (χ3n) is 1.08. The number of carbonyl (C=O) groups excluding carboxylic acids is 1. The molecule has 0 spiro atoms. The number of alkyl halides is 3. The molecule has 0 aromatic rings. The molecule has 0 aromatic heterocycles. The van der Waals surface area contributed by atoms with Crippen molar-refractivity contribution in [3.05, 3.63) is 11.0 Å². The summed E-state index contributed by atoms with van der Waals surface area (Å²) < 4.78 is 39.8. The van der Waals surface area contributed by atoms with Gasteiger partial charge in [0, 0.05) is 0 Å². The fourth-order valence-electron chi connectivity index (χ4n) is 0.610. The molecule has 6 heteroatoms. The van der Waals surface area contributed by atoms with Crippen molar-refractivity contribution < 1.29 is 22.7 Å². The van der Waals surface area contributed by atoms with Gasteiger partial charge in [-0.15, -0.1) is 0 Å². The lowest BCUT2D eigenvalue weighted by Crippen LogP contribution is -2.15. The molecule has 0 radical (unpaired) electrons. The second-order valence-corrected chi connectivity index (χ2v) is 2.42. The summed E-state index contributed by atoms with van der Waals surface area (Å²) in [7, 11) is 0. The zero-order chi connectivity index (χ0) is 10.5. The molecule has 13 heavy (non-hydrogen) atoms. The number of carbonyl (C=O) groups is 1. The Morgan fingerprint density at radius 2 is 2.08 bits per heavy atom. The first-order valence-electron chi connectivity index (χ1n) is 3.47. The Labute approximate surface area is 79.2 Å². The predicted molar refractivity (Wildman–Crippen MR) is 44.4 cm³/mol. The van der Waals surface area contributed by atoms with Gasteiger partial charge in [0.25, 0.3) is 0 Å². The maximum absolute atomic E-state index is 11.8. The van der Waals surface area contributed by atoms with Crippen molar-refractivity contribution in [1.82, 2.24) is 0 Å². The third-order valence-corrected chi connectivity index (χ3v) is 1.40. The van der Waals surface area contributed by atoms with Crippen LogP contribution in [0.4, 0.5) is 13.2 Å². The van der Waals surface area contributed by atoms with Crippen molar-refractivity contribution in [3.8, 4) is 0 Å². The first-order valence-corrected chi connectivity index (χ1v) is 3.99. The van der Waals surface area contributed by atoms with Crippen LogP contribution in [0.3, 0.4) is 0 Å². The van der Waals surface area contributed by atoms with Gasteiger partial charge < -0.3 is 4.74 Å². The first-order chi connectivity index (χ1) is 5.90. The second-order valence-electron chi connectivity index (χ2n) is 2.17. The van der Waals surface area contributed by atoms with Crippen LogP contribution in [0.25, 0.3) is 0 Å². The molecule has 0 aliphatic rings. The van der Waals surface area contributed by atoms with E-state index in [-0.39, 0.29) is 6.61 Å². The normalized spacial score (nSPS) is 12.8. The van der Waals surface area contributed by atoms with Gasteiger partial charge >= 0.3 is 12.1 Å². The van der Waals surface area contributed by atoms with Crippen molar-refractivity contribution in [2.24, 2.45) is 0 Å². The average molecular weight is 214 g/mol. The molecule has 0 N–H and O–H groups in total. The first kappa shape index (κ1) is 12.3. The highest BCUT2D eigenvalue weighted by Crippen LogP contribution is 2.25. The smallest absolute Gasteiger partial charge is 0.393 e. The summed E-state index contributed by atoms with van der Waals surface area (Å²) in [4.78, 5) is 10.8. The van der Waals surface area contributed by atoms with E-state index in [1.54, 1.807) is 0 Å². The van der Waals surface area contributed by atoms with Gasteiger partial charge in [0.05, 0.1) is 18.6 Å². The van der Waals surface area contributed by atoms with Crippen molar-refractivity contribution in [2.45, 2.75) is 19.5 Å². The van der Waals surface area contributed by atoms with Crippen LogP contribution >= 0.6 is 12.6 Å². The molecular weight excluding hydrogens is 205 g/mol. The summed E-state index contributed by atoms with van der Waals surface area (Å²) in [6.45, 7) is 1.56. The maximum atomic E-state index is 11.8. The maximum Gasteiger partial charge on any atom is 0.393 e. The van der Waals surface area contributed by atoms with Gasteiger partial charge in [0.15, 0.2) is 0 Å². The van der Waals surface area contributed by atoms with Crippen LogP contribution in [0.1, 0.15) is 13.3 Å². The highest BCUT2D eigenvalue weighted by molar-refractivity contribution is 7.83.